The number of guanidine groups is 1. The van der Waals surface area contributed by atoms with Crippen LogP contribution in [0.3, 0.4) is 0 Å². The summed E-state index contributed by atoms with van der Waals surface area (Å²) in [6.07, 6.45) is 4.87. The summed E-state index contributed by atoms with van der Waals surface area (Å²) in [5, 5.41) is 5.32. The average Bonchev–Trinajstić information content (AvgIpc) is 2.99. The monoisotopic (exact) mass is 285 g/mol. The van der Waals surface area contributed by atoms with Gasteiger partial charge < -0.3 is 11.1 Å². The van der Waals surface area contributed by atoms with Crippen molar-refractivity contribution in [2.75, 3.05) is 5.32 Å². The Morgan fingerprint density at radius 1 is 1.20 bits per heavy atom. The molecule has 104 valence electrons. The Labute approximate surface area is 123 Å². The Morgan fingerprint density at radius 3 is 2.95 bits per heavy atom. The summed E-state index contributed by atoms with van der Waals surface area (Å²) in [7, 11) is 0. The van der Waals surface area contributed by atoms with Gasteiger partial charge in [0.25, 0.3) is 0 Å². The number of benzene rings is 1. The van der Waals surface area contributed by atoms with Crippen LogP contribution in [0.1, 0.15) is 28.8 Å². The first-order chi connectivity index (χ1) is 9.83. The number of hydrogen-bond acceptors (Lipinski definition) is 2. The molecule has 0 saturated carbocycles. The molecule has 0 saturated heterocycles. The summed E-state index contributed by atoms with van der Waals surface area (Å²) in [5.74, 6) is 0.498. The van der Waals surface area contributed by atoms with E-state index < -0.39 is 0 Å². The number of nitrogens with one attached hydrogen (secondary N) is 1. The maximum Gasteiger partial charge on any atom is 0.193 e. The molecule has 3 N–H and O–H groups in total. The highest BCUT2D eigenvalue weighted by molar-refractivity contribution is 7.09. The zero-order valence-corrected chi connectivity index (χ0v) is 12.2. The predicted octanol–water partition coefficient (Wildman–Crippen LogP) is 3.55. The van der Waals surface area contributed by atoms with Gasteiger partial charge in [-0.2, -0.15) is 0 Å². The smallest absolute Gasteiger partial charge is 0.193 e. The predicted molar refractivity (Wildman–Crippen MR) is 86.4 cm³/mol. The minimum atomic E-state index is 0.498. The zero-order chi connectivity index (χ0) is 13.8. The third-order valence-electron chi connectivity index (χ3n) is 3.64. The fourth-order valence-electron chi connectivity index (χ4n) is 2.64. The number of thiophene rings is 1. The van der Waals surface area contributed by atoms with Gasteiger partial charge in [0.05, 0.1) is 6.54 Å². The normalized spacial score (nSPS) is 14.9. The quantitative estimate of drug-likeness (QED) is 0.669. The molecule has 3 rings (SSSR count). The van der Waals surface area contributed by atoms with Crippen LogP contribution >= 0.6 is 11.3 Å². The molecule has 2 aromatic rings. The van der Waals surface area contributed by atoms with Gasteiger partial charge in [-0.1, -0.05) is 18.2 Å². The van der Waals surface area contributed by atoms with Crippen LogP contribution in [0.15, 0.2) is 40.7 Å². The van der Waals surface area contributed by atoms with Crippen LogP contribution < -0.4 is 11.1 Å². The van der Waals surface area contributed by atoms with E-state index in [2.05, 4.69) is 40.0 Å². The summed E-state index contributed by atoms with van der Waals surface area (Å²) >= 11 is 1.70. The topological polar surface area (TPSA) is 50.4 Å². The maximum absolute atomic E-state index is 6.00. The van der Waals surface area contributed by atoms with Crippen LogP contribution in [0.2, 0.25) is 0 Å². The summed E-state index contributed by atoms with van der Waals surface area (Å²) < 4.78 is 0. The molecule has 20 heavy (non-hydrogen) atoms. The second kappa shape index (κ2) is 6.09. The van der Waals surface area contributed by atoms with Crippen LogP contribution in [-0.2, 0) is 19.4 Å². The number of rotatable bonds is 3. The van der Waals surface area contributed by atoms with E-state index in [0.717, 1.165) is 12.1 Å². The van der Waals surface area contributed by atoms with Crippen LogP contribution in [0.5, 0.6) is 0 Å². The molecule has 0 unspecified atom stereocenters. The van der Waals surface area contributed by atoms with Crippen molar-refractivity contribution in [2.24, 2.45) is 10.7 Å². The van der Waals surface area contributed by atoms with E-state index in [9.17, 15) is 0 Å². The van der Waals surface area contributed by atoms with Crippen molar-refractivity contribution in [3.8, 4) is 0 Å². The van der Waals surface area contributed by atoms with Crippen LogP contribution in [0, 0.1) is 0 Å². The van der Waals surface area contributed by atoms with Crippen molar-refractivity contribution in [3.63, 3.8) is 0 Å². The third-order valence-corrected chi connectivity index (χ3v) is 4.51. The molecule has 0 bridgehead atoms. The fraction of sp³-hybridized carbons (Fsp3) is 0.312. The Bertz CT molecular complexity index is 602. The molecule has 3 nitrogen and oxygen atoms in total. The van der Waals surface area contributed by atoms with Crippen molar-refractivity contribution in [2.45, 2.75) is 32.2 Å². The second-order valence-electron chi connectivity index (χ2n) is 5.06. The average molecular weight is 285 g/mol. The minimum absolute atomic E-state index is 0.498. The lowest BCUT2D eigenvalue weighted by Gasteiger charge is -2.19. The highest BCUT2D eigenvalue weighted by Crippen LogP contribution is 2.27. The van der Waals surface area contributed by atoms with E-state index in [1.54, 1.807) is 11.3 Å². The maximum atomic E-state index is 6.00. The van der Waals surface area contributed by atoms with Gasteiger partial charge in [0.1, 0.15) is 0 Å². The van der Waals surface area contributed by atoms with E-state index in [1.165, 1.54) is 35.3 Å². The van der Waals surface area contributed by atoms with Crippen LogP contribution in [0.25, 0.3) is 0 Å². The molecule has 0 aliphatic heterocycles. The minimum Gasteiger partial charge on any atom is -0.370 e. The molecule has 1 aromatic heterocycles. The largest absolute Gasteiger partial charge is 0.370 e. The molecule has 1 heterocycles. The molecule has 4 heteroatoms. The highest BCUT2D eigenvalue weighted by Gasteiger charge is 2.12. The Morgan fingerprint density at radius 2 is 2.10 bits per heavy atom. The number of fused-ring (bicyclic) bond motifs is 1. The lowest BCUT2D eigenvalue weighted by atomic mass is 9.90. The van der Waals surface area contributed by atoms with Crippen molar-refractivity contribution < 1.29 is 0 Å². The van der Waals surface area contributed by atoms with Gasteiger partial charge in [0, 0.05) is 10.6 Å². The zero-order valence-electron chi connectivity index (χ0n) is 11.4. The number of nitrogens with two attached hydrogens (primary N) is 1. The molecular weight excluding hydrogens is 266 g/mol. The second-order valence-corrected chi connectivity index (χ2v) is 6.09. The summed E-state index contributed by atoms with van der Waals surface area (Å²) in [5.41, 5.74) is 9.98. The van der Waals surface area contributed by atoms with E-state index >= 15 is 0 Å². The van der Waals surface area contributed by atoms with Gasteiger partial charge in [0.2, 0.25) is 0 Å². The summed E-state index contributed by atoms with van der Waals surface area (Å²) in [6.45, 7) is 0.644. The van der Waals surface area contributed by atoms with E-state index in [1.807, 2.05) is 6.07 Å². The molecular formula is C16H19N3S. The van der Waals surface area contributed by atoms with Gasteiger partial charge in [0.15, 0.2) is 5.96 Å². The molecule has 0 amide bonds. The SMILES string of the molecule is NC(=NCc1cccs1)Nc1cccc2c1CCCC2. The van der Waals surface area contributed by atoms with E-state index in [4.69, 9.17) is 5.73 Å². The van der Waals surface area contributed by atoms with Gasteiger partial charge >= 0.3 is 0 Å². The first kappa shape index (κ1) is 13.2. The van der Waals surface area contributed by atoms with Crippen LogP contribution in [-0.4, -0.2) is 5.96 Å². The Kier molecular flexibility index (Phi) is 4.02. The number of hydrogen-bond donors (Lipinski definition) is 2. The lowest BCUT2D eigenvalue weighted by molar-refractivity contribution is 0.687. The fourth-order valence-corrected chi connectivity index (χ4v) is 3.27. The molecule has 0 spiro atoms. The van der Waals surface area contributed by atoms with Crippen LogP contribution in [0.4, 0.5) is 5.69 Å². The summed E-state index contributed by atoms with van der Waals surface area (Å²) in [4.78, 5) is 5.63. The van der Waals surface area contributed by atoms with Crippen molar-refractivity contribution >= 4 is 23.0 Å². The van der Waals surface area contributed by atoms with E-state index in [0.29, 0.717) is 12.5 Å². The molecule has 1 aromatic carbocycles. The van der Waals surface area contributed by atoms with Gasteiger partial charge in [-0.25, -0.2) is 4.99 Å². The third kappa shape index (κ3) is 3.02. The van der Waals surface area contributed by atoms with Crippen molar-refractivity contribution in [3.05, 3.63) is 51.7 Å². The van der Waals surface area contributed by atoms with Crippen molar-refractivity contribution in [1.29, 1.82) is 0 Å². The Hall–Kier alpha value is -1.81. The number of anilines is 1. The van der Waals surface area contributed by atoms with Crippen molar-refractivity contribution in [1.82, 2.24) is 0 Å². The van der Waals surface area contributed by atoms with Gasteiger partial charge in [-0.05, 0) is 54.3 Å². The first-order valence-electron chi connectivity index (χ1n) is 7.03. The molecule has 1 aliphatic rings. The number of aryl methyl sites for hydroxylation is 1. The molecule has 1 aliphatic carbocycles. The lowest BCUT2D eigenvalue weighted by Crippen LogP contribution is -2.24. The first-order valence-corrected chi connectivity index (χ1v) is 7.91. The standard InChI is InChI=1S/C16H19N3S/c17-16(18-11-13-7-4-10-20-13)19-15-9-3-6-12-5-1-2-8-14(12)15/h3-4,6-7,9-10H,1-2,5,8,11H2,(H3,17,18,19). The number of nitrogens with zero attached hydrogens (tertiary/aromatic N) is 1. The van der Waals surface area contributed by atoms with E-state index in [-0.39, 0.29) is 0 Å². The van der Waals surface area contributed by atoms with Gasteiger partial charge in [-0.15, -0.1) is 11.3 Å². The molecule has 0 fully saturated rings. The highest BCUT2D eigenvalue weighted by atomic mass is 32.1. The molecule has 0 atom stereocenters. The molecule has 0 radical (unpaired) electrons. The van der Waals surface area contributed by atoms with Gasteiger partial charge in [-0.3, -0.25) is 0 Å². The number of aliphatic imine (C=N–C) groups is 1. The Balaban J connectivity index is 1.72. The summed E-state index contributed by atoms with van der Waals surface area (Å²) in [6, 6.07) is 10.5.